The number of rotatable bonds is 3. The van der Waals surface area contributed by atoms with Gasteiger partial charge in [0.2, 0.25) is 5.78 Å². The van der Waals surface area contributed by atoms with Crippen molar-refractivity contribution in [1.29, 1.82) is 0 Å². The molecule has 1 unspecified atom stereocenters. The number of aliphatic imine (C=N–C) groups is 1. The van der Waals surface area contributed by atoms with Crippen molar-refractivity contribution in [3.63, 3.8) is 0 Å². The van der Waals surface area contributed by atoms with Crippen LogP contribution in [0.3, 0.4) is 0 Å². The van der Waals surface area contributed by atoms with Gasteiger partial charge in [-0.3, -0.25) is 9.79 Å². The van der Waals surface area contributed by atoms with Gasteiger partial charge in [0.1, 0.15) is 11.2 Å². The van der Waals surface area contributed by atoms with E-state index in [1.165, 1.54) is 11.8 Å². The van der Waals surface area contributed by atoms with Crippen LogP contribution in [-0.2, 0) is 4.79 Å². The highest BCUT2D eigenvalue weighted by Crippen LogP contribution is 2.16. The number of nitrogens with zero attached hydrogens (tertiary/aromatic N) is 1. The van der Waals surface area contributed by atoms with Gasteiger partial charge in [0.25, 0.3) is 0 Å². The summed E-state index contributed by atoms with van der Waals surface area (Å²) >= 11 is 1.42. The van der Waals surface area contributed by atoms with Gasteiger partial charge in [-0.1, -0.05) is 48.2 Å². The second-order valence-corrected chi connectivity index (χ2v) is 4.43. The fourth-order valence-electron chi connectivity index (χ4n) is 1.33. The molecule has 1 aromatic rings. The first kappa shape index (κ1) is 11.1. The monoisotopic (exact) mass is 232 g/mol. The van der Waals surface area contributed by atoms with E-state index in [0.29, 0.717) is 10.8 Å². The van der Waals surface area contributed by atoms with E-state index in [1.54, 1.807) is 12.2 Å². The SMILES string of the molecule is NC1CSC(C(=O)C=Cc2ccccc2)=N1. The van der Waals surface area contributed by atoms with E-state index in [2.05, 4.69) is 4.99 Å². The Morgan fingerprint density at radius 3 is 2.81 bits per heavy atom. The number of nitrogens with two attached hydrogens (primary N) is 1. The maximum Gasteiger partial charge on any atom is 0.210 e. The number of carbonyl (C=O) groups excluding carboxylic acids is 1. The zero-order chi connectivity index (χ0) is 11.4. The van der Waals surface area contributed by atoms with Crippen LogP contribution in [0.5, 0.6) is 0 Å². The van der Waals surface area contributed by atoms with Crippen LogP contribution < -0.4 is 5.73 Å². The molecule has 2 rings (SSSR count). The third-order valence-electron chi connectivity index (χ3n) is 2.11. The Morgan fingerprint density at radius 2 is 2.19 bits per heavy atom. The van der Waals surface area contributed by atoms with Crippen LogP contribution in [0.4, 0.5) is 0 Å². The van der Waals surface area contributed by atoms with Gasteiger partial charge < -0.3 is 5.73 Å². The normalized spacial score (nSPS) is 20.1. The molecule has 0 amide bonds. The van der Waals surface area contributed by atoms with Gasteiger partial charge in [-0.15, -0.1) is 0 Å². The average molecular weight is 232 g/mol. The maximum absolute atomic E-state index is 11.7. The van der Waals surface area contributed by atoms with Gasteiger partial charge in [-0.2, -0.15) is 0 Å². The second kappa shape index (κ2) is 5.09. The quantitative estimate of drug-likeness (QED) is 0.807. The first-order valence-corrected chi connectivity index (χ1v) is 5.98. The lowest BCUT2D eigenvalue weighted by atomic mass is 10.2. The lowest BCUT2D eigenvalue weighted by Crippen LogP contribution is -2.16. The molecule has 0 spiro atoms. The molecule has 0 radical (unpaired) electrons. The Morgan fingerprint density at radius 1 is 1.44 bits per heavy atom. The van der Waals surface area contributed by atoms with E-state index in [0.717, 1.165) is 5.56 Å². The summed E-state index contributed by atoms with van der Waals surface area (Å²) in [7, 11) is 0. The predicted octanol–water partition coefficient (Wildman–Crippen LogP) is 1.70. The molecule has 1 aliphatic heterocycles. The number of hydrogen-bond acceptors (Lipinski definition) is 4. The molecule has 0 fully saturated rings. The van der Waals surface area contributed by atoms with Crippen LogP contribution in [0.2, 0.25) is 0 Å². The van der Waals surface area contributed by atoms with E-state index in [9.17, 15) is 4.79 Å². The van der Waals surface area contributed by atoms with Gasteiger partial charge in [0.15, 0.2) is 0 Å². The minimum Gasteiger partial charge on any atom is -0.309 e. The first-order valence-electron chi connectivity index (χ1n) is 4.99. The van der Waals surface area contributed by atoms with E-state index in [1.807, 2.05) is 30.3 Å². The molecule has 82 valence electrons. The zero-order valence-electron chi connectivity index (χ0n) is 8.67. The number of thioether (sulfide) groups is 1. The van der Waals surface area contributed by atoms with Gasteiger partial charge in [-0.25, -0.2) is 0 Å². The van der Waals surface area contributed by atoms with Gasteiger partial charge >= 0.3 is 0 Å². The topological polar surface area (TPSA) is 55.5 Å². The van der Waals surface area contributed by atoms with Crippen molar-refractivity contribution in [2.75, 3.05) is 5.75 Å². The second-order valence-electron chi connectivity index (χ2n) is 3.42. The molecule has 0 saturated carbocycles. The number of benzene rings is 1. The number of ketones is 1. The van der Waals surface area contributed by atoms with Crippen LogP contribution in [0, 0.1) is 0 Å². The Bertz CT molecular complexity index is 440. The molecular weight excluding hydrogens is 220 g/mol. The summed E-state index contributed by atoms with van der Waals surface area (Å²) in [4.78, 5) is 15.7. The minimum atomic E-state index is -0.228. The Hall–Kier alpha value is -1.39. The summed E-state index contributed by atoms with van der Waals surface area (Å²) in [6, 6.07) is 9.69. The molecule has 0 aromatic heterocycles. The van der Waals surface area contributed by atoms with Crippen LogP contribution in [0.1, 0.15) is 5.56 Å². The van der Waals surface area contributed by atoms with Crippen molar-refractivity contribution in [2.45, 2.75) is 6.17 Å². The van der Waals surface area contributed by atoms with E-state index >= 15 is 0 Å². The minimum absolute atomic E-state index is 0.0678. The fraction of sp³-hybridized carbons (Fsp3) is 0.167. The van der Waals surface area contributed by atoms with E-state index < -0.39 is 0 Å². The predicted molar refractivity (Wildman–Crippen MR) is 68.4 cm³/mol. The summed E-state index contributed by atoms with van der Waals surface area (Å²) in [6.45, 7) is 0. The fourth-order valence-corrected chi connectivity index (χ4v) is 2.15. The van der Waals surface area contributed by atoms with Gasteiger partial charge in [0.05, 0.1) is 0 Å². The summed E-state index contributed by atoms with van der Waals surface area (Å²) in [5.41, 5.74) is 6.59. The Kier molecular flexibility index (Phi) is 3.54. The molecule has 2 N–H and O–H groups in total. The molecule has 1 atom stereocenters. The smallest absolute Gasteiger partial charge is 0.210 e. The highest BCUT2D eigenvalue weighted by atomic mass is 32.2. The zero-order valence-corrected chi connectivity index (χ0v) is 9.48. The maximum atomic E-state index is 11.7. The van der Waals surface area contributed by atoms with Crippen molar-refractivity contribution < 1.29 is 4.79 Å². The largest absolute Gasteiger partial charge is 0.309 e. The molecule has 0 bridgehead atoms. The Labute approximate surface area is 98.4 Å². The van der Waals surface area contributed by atoms with Crippen LogP contribution >= 0.6 is 11.8 Å². The number of hydrogen-bond donors (Lipinski definition) is 1. The molecule has 0 saturated heterocycles. The van der Waals surface area contributed by atoms with Crippen LogP contribution in [0.25, 0.3) is 6.08 Å². The summed E-state index contributed by atoms with van der Waals surface area (Å²) in [6.07, 6.45) is 3.10. The molecule has 1 heterocycles. The summed E-state index contributed by atoms with van der Waals surface area (Å²) < 4.78 is 0. The van der Waals surface area contributed by atoms with Gasteiger partial charge in [0, 0.05) is 5.75 Å². The molecule has 16 heavy (non-hydrogen) atoms. The van der Waals surface area contributed by atoms with Crippen LogP contribution in [-0.4, -0.2) is 22.7 Å². The van der Waals surface area contributed by atoms with Crippen molar-refractivity contribution in [1.82, 2.24) is 0 Å². The third kappa shape index (κ3) is 2.81. The average Bonchev–Trinajstić information content (AvgIpc) is 2.74. The Balaban J connectivity index is 2.03. The molecular formula is C12H12N2OS. The van der Waals surface area contributed by atoms with Crippen molar-refractivity contribution in [3.05, 3.63) is 42.0 Å². The molecule has 3 nitrogen and oxygen atoms in total. The first-order chi connectivity index (χ1) is 7.75. The lowest BCUT2D eigenvalue weighted by Gasteiger charge is -1.92. The lowest BCUT2D eigenvalue weighted by molar-refractivity contribution is -0.108. The van der Waals surface area contributed by atoms with Crippen LogP contribution in [0.15, 0.2) is 41.4 Å². The highest BCUT2D eigenvalue weighted by molar-refractivity contribution is 8.16. The van der Waals surface area contributed by atoms with E-state index in [4.69, 9.17) is 5.73 Å². The highest BCUT2D eigenvalue weighted by Gasteiger charge is 2.18. The van der Waals surface area contributed by atoms with E-state index in [-0.39, 0.29) is 11.9 Å². The summed E-state index contributed by atoms with van der Waals surface area (Å²) in [5, 5.41) is 0.514. The molecule has 4 heteroatoms. The molecule has 1 aromatic carbocycles. The third-order valence-corrected chi connectivity index (χ3v) is 3.20. The molecule has 0 aliphatic carbocycles. The number of allylic oxidation sites excluding steroid dienone is 1. The summed E-state index contributed by atoms with van der Waals surface area (Å²) in [5.74, 6) is 0.627. The van der Waals surface area contributed by atoms with Gasteiger partial charge in [-0.05, 0) is 11.6 Å². The standard InChI is InChI=1S/C12H12N2OS/c13-11-8-16-12(14-11)10(15)7-6-9-4-2-1-3-5-9/h1-7,11H,8,13H2. The van der Waals surface area contributed by atoms with Crippen molar-refractivity contribution in [3.8, 4) is 0 Å². The molecule has 1 aliphatic rings. The van der Waals surface area contributed by atoms with Crippen molar-refractivity contribution >= 4 is 28.7 Å². The number of carbonyl (C=O) groups is 1. The van der Waals surface area contributed by atoms with Crippen molar-refractivity contribution in [2.24, 2.45) is 10.7 Å².